The van der Waals surface area contributed by atoms with Gasteiger partial charge in [0.25, 0.3) is 0 Å². The SMILES string of the molecule is CC(C)C(=O)Nc1ccccc1Sc1nc(Br)nn1Cc1ccc(F)cc1. The van der Waals surface area contributed by atoms with Gasteiger partial charge in [0.1, 0.15) is 5.82 Å². The van der Waals surface area contributed by atoms with Gasteiger partial charge in [0.15, 0.2) is 5.16 Å². The highest BCUT2D eigenvalue weighted by Gasteiger charge is 2.15. The van der Waals surface area contributed by atoms with Crippen molar-refractivity contribution < 1.29 is 9.18 Å². The molecule has 3 rings (SSSR count). The number of nitrogens with zero attached hydrogens (tertiary/aromatic N) is 3. The summed E-state index contributed by atoms with van der Waals surface area (Å²) in [6.07, 6.45) is 0. The molecule has 0 saturated heterocycles. The van der Waals surface area contributed by atoms with Gasteiger partial charge in [-0.1, -0.05) is 38.1 Å². The van der Waals surface area contributed by atoms with Crippen LogP contribution in [0.4, 0.5) is 10.1 Å². The Bertz CT molecular complexity index is 943. The third-order valence-electron chi connectivity index (χ3n) is 3.73. The number of carbonyl (C=O) groups excluding carboxylic acids is 1. The fraction of sp³-hybridized carbons (Fsp3) is 0.211. The third-order valence-corrected chi connectivity index (χ3v) is 5.12. The second-order valence-electron chi connectivity index (χ2n) is 6.19. The molecule has 0 saturated carbocycles. The highest BCUT2D eigenvalue weighted by molar-refractivity contribution is 9.10. The quantitative estimate of drug-likeness (QED) is 0.577. The van der Waals surface area contributed by atoms with Gasteiger partial charge in [0.2, 0.25) is 10.6 Å². The highest BCUT2D eigenvalue weighted by atomic mass is 79.9. The molecular weight excluding hydrogens is 431 g/mol. The van der Waals surface area contributed by atoms with Crippen molar-refractivity contribution in [3.8, 4) is 0 Å². The predicted molar refractivity (Wildman–Crippen MR) is 107 cm³/mol. The van der Waals surface area contributed by atoms with E-state index in [-0.39, 0.29) is 17.6 Å². The van der Waals surface area contributed by atoms with Gasteiger partial charge in [-0.3, -0.25) is 4.79 Å². The van der Waals surface area contributed by atoms with Crippen molar-refractivity contribution >= 4 is 39.3 Å². The van der Waals surface area contributed by atoms with Crippen molar-refractivity contribution in [1.29, 1.82) is 0 Å². The number of rotatable bonds is 6. The van der Waals surface area contributed by atoms with E-state index in [0.29, 0.717) is 16.4 Å². The normalized spacial score (nSPS) is 11.0. The van der Waals surface area contributed by atoms with Crippen LogP contribution in [0.15, 0.2) is 63.3 Å². The van der Waals surface area contributed by atoms with Crippen LogP contribution in [0, 0.1) is 11.7 Å². The lowest BCUT2D eigenvalue weighted by Gasteiger charge is -2.12. The molecule has 27 heavy (non-hydrogen) atoms. The maximum atomic E-state index is 13.1. The summed E-state index contributed by atoms with van der Waals surface area (Å²) in [6.45, 7) is 4.16. The van der Waals surface area contributed by atoms with Crippen molar-refractivity contribution in [2.45, 2.75) is 30.4 Å². The number of para-hydroxylation sites is 1. The van der Waals surface area contributed by atoms with Crippen LogP contribution in [-0.4, -0.2) is 20.7 Å². The summed E-state index contributed by atoms with van der Waals surface area (Å²) in [5.74, 6) is -0.431. The number of anilines is 1. The van der Waals surface area contributed by atoms with Gasteiger partial charge in [-0.2, -0.15) is 4.98 Å². The van der Waals surface area contributed by atoms with E-state index in [9.17, 15) is 9.18 Å². The molecule has 1 N–H and O–H groups in total. The van der Waals surface area contributed by atoms with Crippen LogP contribution >= 0.6 is 27.7 Å². The summed E-state index contributed by atoms with van der Waals surface area (Å²) < 4.78 is 15.3. The highest BCUT2D eigenvalue weighted by Crippen LogP contribution is 2.33. The monoisotopic (exact) mass is 448 g/mol. The maximum Gasteiger partial charge on any atom is 0.226 e. The minimum atomic E-state index is -0.275. The van der Waals surface area contributed by atoms with Crippen LogP contribution in [-0.2, 0) is 11.3 Å². The molecule has 8 heteroatoms. The fourth-order valence-corrected chi connectivity index (χ4v) is 3.67. The molecule has 1 heterocycles. The summed E-state index contributed by atoms with van der Waals surface area (Å²) in [5, 5.41) is 7.97. The number of halogens is 2. The number of benzene rings is 2. The number of nitrogens with one attached hydrogen (secondary N) is 1. The lowest BCUT2D eigenvalue weighted by molar-refractivity contribution is -0.118. The second-order valence-corrected chi connectivity index (χ2v) is 7.91. The van der Waals surface area contributed by atoms with Crippen molar-refractivity contribution in [3.05, 3.63) is 64.6 Å². The first kappa shape index (κ1) is 19.6. The van der Waals surface area contributed by atoms with Crippen LogP contribution in [0.25, 0.3) is 0 Å². The first-order valence-electron chi connectivity index (χ1n) is 8.35. The van der Waals surface area contributed by atoms with Crippen molar-refractivity contribution in [2.24, 2.45) is 5.92 Å². The van der Waals surface area contributed by atoms with E-state index in [1.807, 2.05) is 38.1 Å². The van der Waals surface area contributed by atoms with Gasteiger partial charge in [0.05, 0.1) is 12.2 Å². The average Bonchev–Trinajstić information content (AvgIpc) is 2.97. The van der Waals surface area contributed by atoms with Gasteiger partial charge in [-0.15, -0.1) is 5.10 Å². The van der Waals surface area contributed by atoms with Crippen molar-refractivity contribution in [2.75, 3.05) is 5.32 Å². The first-order chi connectivity index (χ1) is 12.9. The van der Waals surface area contributed by atoms with E-state index < -0.39 is 0 Å². The van der Waals surface area contributed by atoms with Crippen molar-refractivity contribution in [3.63, 3.8) is 0 Å². The average molecular weight is 449 g/mol. The third kappa shape index (κ3) is 5.17. The molecule has 1 amide bonds. The molecule has 2 aromatic carbocycles. The molecule has 0 unspecified atom stereocenters. The summed E-state index contributed by atoms with van der Waals surface area (Å²) in [4.78, 5) is 17.4. The van der Waals surface area contributed by atoms with Crippen molar-refractivity contribution in [1.82, 2.24) is 14.8 Å². The van der Waals surface area contributed by atoms with E-state index in [0.717, 1.165) is 16.1 Å². The summed E-state index contributed by atoms with van der Waals surface area (Å²) in [5.41, 5.74) is 1.64. The van der Waals surface area contributed by atoms with E-state index in [4.69, 9.17) is 0 Å². The Morgan fingerprint density at radius 1 is 1.22 bits per heavy atom. The molecule has 1 aromatic heterocycles. The molecule has 0 aliphatic rings. The van der Waals surface area contributed by atoms with E-state index >= 15 is 0 Å². The molecule has 3 aromatic rings. The number of carbonyl (C=O) groups is 1. The predicted octanol–water partition coefficient (Wildman–Crippen LogP) is 4.97. The molecule has 140 valence electrons. The zero-order chi connectivity index (χ0) is 19.4. The zero-order valence-corrected chi connectivity index (χ0v) is 17.2. The molecule has 0 aliphatic heterocycles. The topological polar surface area (TPSA) is 59.8 Å². The zero-order valence-electron chi connectivity index (χ0n) is 14.8. The molecular formula is C19H18BrFN4OS. The van der Waals surface area contributed by atoms with Crippen LogP contribution < -0.4 is 5.32 Å². The smallest absolute Gasteiger partial charge is 0.226 e. The van der Waals surface area contributed by atoms with E-state index in [1.165, 1.54) is 23.9 Å². The minimum Gasteiger partial charge on any atom is -0.325 e. The largest absolute Gasteiger partial charge is 0.325 e. The molecule has 0 radical (unpaired) electrons. The summed E-state index contributed by atoms with van der Waals surface area (Å²) in [7, 11) is 0. The Morgan fingerprint density at radius 3 is 2.63 bits per heavy atom. The molecule has 0 spiro atoms. The Labute approximate surface area is 169 Å². The van der Waals surface area contributed by atoms with Gasteiger partial charge < -0.3 is 5.32 Å². The lowest BCUT2D eigenvalue weighted by Crippen LogP contribution is -2.18. The number of aromatic nitrogens is 3. The van der Waals surface area contributed by atoms with Crippen LogP contribution in [0.2, 0.25) is 0 Å². The van der Waals surface area contributed by atoms with Gasteiger partial charge in [0, 0.05) is 10.8 Å². The number of hydrogen-bond donors (Lipinski definition) is 1. The fourth-order valence-electron chi connectivity index (χ4n) is 2.28. The van der Waals surface area contributed by atoms with Gasteiger partial charge >= 0.3 is 0 Å². The van der Waals surface area contributed by atoms with E-state index in [1.54, 1.807) is 16.8 Å². The Balaban J connectivity index is 1.84. The van der Waals surface area contributed by atoms with E-state index in [2.05, 4.69) is 31.3 Å². The lowest BCUT2D eigenvalue weighted by atomic mass is 10.2. The van der Waals surface area contributed by atoms with Gasteiger partial charge in [-0.25, -0.2) is 9.07 Å². The Morgan fingerprint density at radius 2 is 1.93 bits per heavy atom. The molecule has 0 aliphatic carbocycles. The second kappa shape index (κ2) is 8.67. The Kier molecular flexibility index (Phi) is 6.28. The molecule has 0 atom stereocenters. The van der Waals surface area contributed by atoms with Gasteiger partial charge in [-0.05, 0) is 57.5 Å². The minimum absolute atomic E-state index is 0.0444. The van der Waals surface area contributed by atoms with Crippen LogP contribution in [0.3, 0.4) is 0 Å². The first-order valence-corrected chi connectivity index (χ1v) is 9.96. The molecule has 0 bridgehead atoms. The number of amides is 1. The summed E-state index contributed by atoms with van der Waals surface area (Å²) >= 11 is 4.72. The number of hydrogen-bond acceptors (Lipinski definition) is 4. The van der Waals surface area contributed by atoms with Crippen LogP contribution in [0.5, 0.6) is 0 Å². The molecule has 5 nitrogen and oxygen atoms in total. The Hall–Kier alpha value is -2.19. The maximum absolute atomic E-state index is 13.1. The molecule has 0 fully saturated rings. The standard InChI is InChI=1S/C19H18BrFN4OS/c1-12(2)17(26)22-15-5-3-4-6-16(15)27-19-23-18(20)24-25(19)11-13-7-9-14(21)10-8-13/h3-10,12H,11H2,1-2H3,(H,22,26). The van der Waals surface area contributed by atoms with Crippen LogP contribution in [0.1, 0.15) is 19.4 Å². The summed E-state index contributed by atoms with van der Waals surface area (Å²) in [6, 6.07) is 13.8.